The number of carbonyl (C=O) groups is 1. The quantitative estimate of drug-likeness (QED) is 0.683. The number of aromatic nitrogens is 2. The van der Waals surface area contributed by atoms with E-state index in [2.05, 4.69) is 11.1 Å². The molecule has 3 heterocycles. The molecule has 1 aromatic heterocycles. The molecule has 2 aromatic carbocycles. The highest BCUT2D eigenvalue weighted by Gasteiger charge is 2.21. The van der Waals surface area contributed by atoms with Crippen molar-refractivity contribution >= 4 is 5.97 Å². The average molecular weight is 418 g/mol. The van der Waals surface area contributed by atoms with Gasteiger partial charge in [-0.3, -0.25) is 4.57 Å². The molecule has 0 spiro atoms. The molecule has 0 bridgehead atoms. The maximum Gasteiger partial charge on any atom is 0.351 e. The van der Waals surface area contributed by atoms with Gasteiger partial charge >= 0.3 is 11.7 Å². The van der Waals surface area contributed by atoms with Gasteiger partial charge in [0.15, 0.2) is 0 Å². The highest BCUT2D eigenvalue weighted by molar-refractivity contribution is 5.88. The molecular weight excluding hydrogens is 396 g/mol. The number of fused-ring (bicyclic) bond motifs is 3. The fraction of sp³-hybridized carbons (Fsp3) is 0.292. The molecule has 1 saturated heterocycles. The van der Waals surface area contributed by atoms with Crippen molar-refractivity contribution in [3.8, 4) is 28.3 Å². The summed E-state index contributed by atoms with van der Waals surface area (Å²) in [7, 11) is 0. The van der Waals surface area contributed by atoms with Gasteiger partial charge in [0.2, 0.25) is 5.88 Å². The van der Waals surface area contributed by atoms with Gasteiger partial charge in [0.1, 0.15) is 6.61 Å². The number of ether oxygens (including phenoxy) is 2. The number of hydrogen-bond donors (Lipinski definition) is 1. The molecule has 0 radical (unpaired) electrons. The van der Waals surface area contributed by atoms with Crippen molar-refractivity contribution in [1.82, 2.24) is 9.55 Å². The van der Waals surface area contributed by atoms with Crippen molar-refractivity contribution in [2.45, 2.75) is 31.9 Å². The lowest BCUT2D eigenvalue weighted by Gasteiger charge is -2.22. The predicted octanol–water partition coefficient (Wildman–Crippen LogP) is 3.39. The summed E-state index contributed by atoms with van der Waals surface area (Å²) < 4.78 is 13.0. The molecule has 158 valence electrons. The van der Waals surface area contributed by atoms with Crippen LogP contribution in [0.25, 0.3) is 22.4 Å². The minimum Gasteiger partial charge on any atom is -0.478 e. The van der Waals surface area contributed by atoms with E-state index in [1.165, 1.54) is 0 Å². The SMILES string of the molecule is O=C(O)c1ccc(-c2ccc3c(c2)CCn2c-3cc(OCC3CCCO3)nc2=O)cc1. The second-order valence-corrected chi connectivity index (χ2v) is 7.86. The van der Waals surface area contributed by atoms with Crippen LogP contribution in [0.5, 0.6) is 5.88 Å². The Kier molecular flexibility index (Phi) is 5.03. The normalized spacial score (nSPS) is 17.1. The zero-order valence-corrected chi connectivity index (χ0v) is 16.9. The van der Waals surface area contributed by atoms with Gasteiger partial charge in [0, 0.05) is 24.8 Å². The summed E-state index contributed by atoms with van der Waals surface area (Å²) in [5, 5.41) is 9.09. The van der Waals surface area contributed by atoms with Crippen LogP contribution in [0.1, 0.15) is 28.8 Å². The summed E-state index contributed by atoms with van der Waals surface area (Å²) in [5.41, 5.74) is 4.84. The number of benzene rings is 2. The van der Waals surface area contributed by atoms with Gasteiger partial charge in [-0.15, -0.1) is 0 Å². The van der Waals surface area contributed by atoms with Crippen molar-refractivity contribution in [3.63, 3.8) is 0 Å². The maximum absolute atomic E-state index is 12.6. The number of hydrogen-bond acceptors (Lipinski definition) is 5. The molecule has 1 fully saturated rings. The Morgan fingerprint density at radius 3 is 2.71 bits per heavy atom. The second-order valence-electron chi connectivity index (χ2n) is 7.86. The van der Waals surface area contributed by atoms with Crippen LogP contribution in [0.2, 0.25) is 0 Å². The van der Waals surface area contributed by atoms with E-state index < -0.39 is 5.97 Å². The first-order valence-corrected chi connectivity index (χ1v) is 10.4. The monoisotopic (exact) mass is 418 g/mol. The number of carboxylic acids is 1. The van der Waals surface area contributed by atoms with Crippen LogP contribution in [0.4, 0.5) is 0 Å². The number of carboxylic acid groups (broad SMARTS) is 1. The number of aryl methyl sites for hydroxylation is 1. The fourth-order valence-electron chi connectivity index (χ4n) is 4.22. The first-order chi connectivity index (χ1) is 15.1. The van der Waals surface area contributed by atoms with Crippen molar-refractivity contribution in [2.24, 2.45) is 0 Å². The number of rotatable bonds is 5. The Morgan fingerprint density at radius 2 is 1.97 bits per heavy atom. The lowest BCUT2D eigenvalue weighted by Crippen LogP contribution is -2.29. The van der Waals surface area contributed by atoms with E-state index in [0.29, 0.717) is 19.0 Å². The molecule has 0 saturated carbocycles. The first kappa shape index (κ1) is 19.5. The van der Waals surface area contributed by atoms with Crippen molar-refractivity contribution < 1.29 is 19.4 Å². The zero-order chi connectivity index (χ0) is 21.4. The molecule has 7 nitrogen and oxygen atoms in total. The van der Waals surface area contributed by atoms with Crippen LogP contribution < -0.4 is 10.4 Å². The minimum atomic E-state index is -0.940. The van der Waals surface area contributed by atoms with Crippen molar-refractivity contribution in [1.29, 1.82) is 0 Å². The summed E-state index contributed by atoms with van der Waals surface area (Å²) >= 11 is 0. The minimum absolute atomic E-state index is 0.0583. The average Bonchev–Trinajstić information content (AvgIpc) is 3.31. The first-order valence-electron chi connectivity index (χ1n) is 10.4. The molecule has 1 unspecified atom stereocenters. The lowest BCUT2D eigenvalue weighted by molar-refractivity contribution is 0.0661. The summed E-state index contributed by atoms with van der Waals surface area (Å²) in [6.45, 7) is 1.71. The molecule has 7 heteroatoms. The largest absolute Gasteiger partial charge is 0.478 e. The van der Waals surface area contributed by atoms with Gasteiger partial charge in [0.05, 0.1) is 17.4 Å². The Hall–Kier alpha value is -3.45. The summed E-state index contributed by atoms with van der Waals surface area (Å²) in [4.78, 5) is 27.7. The van der Waals surface area contributed by atoms with Crippen LogP contribution >= 0.6 is 0 Å². The fourth-order valence-corrected chi connectivity index (χ4v) is 4.22. The molecule has 31 heavy (non-hydrogen) atoms. The summed E-state index contributed by atoms with van der Waals surface area (Å²) in [5.74, 6) is -0.613. The highest BCUT2D eigenvalue weighted by atomic mass is 16.5. The van der Waals surface area contributed by atoms with E-state index in [1.807, 2.05) is 30.3 Å². The lowest BCUT2D eigenvalue weighted by atomic mass is 9.93. The number of aromatic carboxylic acids is 1. The summed E-state index contributed by atoms with van der Waals surface area (Å²) in [6, 6.07) is 14.8. The van der Waals surface area contributed by atoms with Crippen LogP contribution in [0, 0.1) is 0 Å². The second kappa shape index (κ2) is 8.00. The Balaban J connectivity index is 1.45. The highest BCUT2D eigenvalue weighted by Crippen LogP contribution is 2.33. The smallest absolute Gasteiger partial charge is 0.351 e. The summed E-state index contributed by atoms with van der Waals surface area (Å²) in [6.07, 6.45) is 2.77. The van der Waals surface area contributed by atoms with Crippen LogP contribution in [0.3, 0.4) is 0 Å². The molecule has 1 N–H and O–H groups in total. The van der Waals surface area contributed by atoms with Gasteiger partial charge < -0.3 is 14.6 Å². The van der Waals surface area contributed by atoms with Crippen molar-refractivity contribution in [2.75, 3.05) is 13.2 Å². The molecule has 3 aromatic rings. The molecule has 0 aliphatic carbocycles. The van der Waals surface area contributed by atoms with Crippen LogP contribution in [-0.2, 0) is 17.7 Å². The molecule has 2 aliphatic heterocycles. The molecule has 5 rings (SSSR count). The van der Waals surface area contributed by atoms with Gasteiger partial charge in [-0.2, -0.15) is 4.98 Å². The van der Waals surface area contributed by atoms with E-state index >= 15 is 0 Å². The van der Waals surface area contributed by atoms with E-state index in [4.69, 9.17) is 14.6 Å². The molecular formula is C24H22N2O5. The van der Waals surface area contributed by atoms with Crippen LogP contribution in [-0.4, -0.2) is 39.9 Å². The van der Waals surface area contributed by atoms with Crippen LogP contribution in [0.15, 0.2) is 53.3 Å². The Bertz CT molecular complexity index is 1190. The van der Waals surface area contributed by atoms with E-state index in [9.17, 15) is 9.59 Å². The van der Waals surface area contributed by atoms with E-state index in [1.54, 1.807) is 16.7 Å². The van der Waals surface area contributed by atoms with E-state index in [0.717, 1.165) is 53.8 Å². The topological polar surface area (TPSA) is 90.7 Å². The predicted molar refractivity (Wildman–Crippen MR) is 115 cm³/mol. The van der Waals surface area contributed by atoms with Crippen molar-refractivity contribution in [3.05, 3.63) is 70.1 Å². The van der Waals surface area contributed by atoms with Gasteiger partial charge in [-0.05, 0) is 48.1 Å². The zero-order valence-electron chi connectivity index (χ0n) is 16.9. The Labute approximate surface area is 178 Å². The molecule has 2 aliphatic rings. The van der Waals surface area contributed by atoms with Gasteiger partial charge in [-0.1, -0.05) is 30.3 Å². The maximum atomic E-state index is 12.6. The molecule has 1 atom stereocenters. The third-order valence-corrected chi connectivity index (χ3v) is 5.88. The number of nitrogens with zero attached hydrogens (tertiary/aromatic N) is 2. The van der Waals surface area contributed by atoms with Gasteiger partial charge in [0.25, 0.3) is 0 Å². The third-order valence-electron chi connectivity index (χ3n) is 5.88. The van der Waals surface area contributed by atoms with E-state index in [-0.39, 0.29) is 17.4 Å². The Morgan fingerprint density at radius 1 is 1.16 bits per heavy atom. The standard InChI is InChI=1S/C24H22N2O5/c27-23(28)16-5-3-15(4-6-16)17-7-8-20-18(12-17)9-10-26-21(20)13-22(25-24(26)29)31-14-19-2-1-11-30-19/h3-8,12-13,19H,1-2,9-11,14H2,(H,27,28). The third kappa shape index (κ3) is 3.84. The molecule has 0 amide bonds. The van der Waals surface area contributed by atoms with Gasteiger partial charge in [-0.25, -0.2) is 9.59 Å².